The average Bonchev–Trinajstić information content (AvgIpc) is 2.98. The van der Waals surface area contributed by atoms with Gasteiger partial charge in [0.1, 0.15) is 0 Å². The van der Waals surface area contributed by atoms with Crippen molar-refractivity contribution in [1.82, 2.24) is 10.2 Å². The Balaban J connectivity index is 1.81. The minimum absolute atomic E-state index is 0.0998. The van der Waals surface area contributed by atoms with E-state index in [1.165, 1.54) is 12.2 Å². The predicted octanol–water partition coefficient (Wildman–Crippen LogP) is 1.05. The molecule has 0 aromatic rings. The van der Waals surface area contributed by atoms with Crippen LogP contribution in [0, 0.1) is 0 Å². The van der Waals surface area contributed by atoms with E-state index in [4.69, 9.17) is 14.2 Å². The van der Waals surface area contributed by atoms with Gasteiger partial charge < -0.3 is 19.5 Å². The molecule has 0 spiro atoms. The number of carbonyl (C=O) groups excluding carboxylic acids is 3. The maximum Gasteiger partial charge on any atom is 0.253 e. The van der Waals surface area contributed by atoms with E-state index >= 15 is 0 Å². The van der Waals surface area contributed by atoms with Gasteiger partial charge in [0.05, 0.1) is 19.8 Å². The van der Waals surface area contributed by atoms with Crippen LogP contribution in [0.3, 0.4) is 0 Å². The van der Waals surface area contributed by atoms with Gasteiger partial charge in [-0.05, 0) is 25.7 Å². The van der Waals surface area contributed by atoms with Gasteiger partial charge in [-0.3, -0.25) is 19.3 Å². The molecule has 8 nitrogen and oxygen atoms in total. The van der Waals surface area contributed by atoms with Gasteiger partial charge in [0.2, 0.25) is 5.91 Å². The summed E-state index contributed by atoms with van der Waals surface area (Å²) in [6, 6.07) is 0. The molecule has 1 heterocycles. The molecule has 3 amide bonds. The zero-order valence-corrected chi connectivity index (χ0v) is 16.2. The fourth-order valence-electron chi connectivity index (χ4n) is 2.37. The van der Waals surface area contributed by atoms with Gasteiger partial charge in [-0.15, -0.1) is 0 Å². The Labute approximate surface area is 161 Å². The highest BCUT2D eigenvalue weighted by Crippen LogP contribution is 2.03. The lowest BCUT2D eigenvalue weighted by Crippen LogP contribution is -2.35. The molecule has 1 aliphatic rings. The number of imide groups is 1. The molecule has 0 aromatic carbocycles. The summed E-state index contributed by atoms with van der Waals surface area (Å²) >= 11 is 0. The van der Waals surface area contributed by atoms with Crippen molar-refractivity contribution in [2.45, 2.75) is 39.0 Å². The Morgan fingerprint density at radius 2 is 1.48 bits per heavy atom. The summed E-state index contributed by atoms with van der Waals surface area (Å²) in [7, 11) is 0. The van der Waals surface area contributed by atoms with Crippen molar-refractivity contribution < 1.29 is 28.6 Å². The molecule has 27 heavy (non-hydrogen) atoms. The molecule has 8 heteroatoms. The number of amides is 3. The molecular weight excluding hydrogens is 352 g/mol. The smallest absolute Gasteiger partial charge is 0.253 e. The van der Waals surface area contributed by atoms with Gasteiger partial charge in [0, 0.05) is 51.5 Å². The monoisotopic (exact) mass is 384 g/mol. The van der Waals surface area contributed by atoms with Crippen molar-refractivity contribution in [1.29, 1.82) is 0 Å². The first-order valence-corrected chi connectivity index (χ1v) is 9.68. The standard InChI is InChI=1S/C19H32N2O6/c1-2-11-25-15-16-27-13-5-3-4-12-26-14-9-20-17(22)8-10-21-18(23)6-7-19(21)24/h6-7H,2-5,8-16H2,1H3,(H,20,22). The summed E-state index contributed by atoms with van der Waals surface area (Å²) < 4.78 is 16.2. The number of carbonyl (C=O) groups is 3. The molecule has 0 saturated heterocycles. The minimum atomic E-state index is -0.369. The lowest BCUT2D eigenvalue weighted by molar-refractivity contribution is -0.137. The highest BCUT2D eigenvalue weighted by Gasteiger charge is 2.23. The third-order valence-corrected chi connectivity index (χ3v) is 3.83. The molecule has 154 valence electrons. The van der Waals surface area contributed by atoms with Crippen LogP contribution in [0.25, 0.3) is 0 Å². The number of hydrogen-bond acceptors (Lipinski definition) is 6. The largest absolute Gasteiger partial charge is 0.380 e. The van der Waals surface area contributed by atoms with E-state index in [9.17, 15) is 14.4 Å². The molecule has 1 rings (SSSR count). The third kappa shape index (κ3) is 11.5. The van der Waals surface area contributed by atoms with E-state index < -0.39 is 0 Å². The van der Waals surface area contributed by atoms with Crippen LogP contribution >= 0.6 is 0 Å². The molecule has 0 fully saturated rings. The first-order valence-electron chi connectivity index (χ1n) is 9.68. The van der Waals surface area contributed by atoms with Crippen LogP contribution < -0.4 is 5.32 Å². The summed E-state index contributed by atoms with van der Waals surface area (Å²) in [6.07, 6.45) is 6.54. The van der Waals surface area contributed by atoms with E-state index in [1.807, 2.05) is 0 Å². The van der Waals surface area contributed by atoms with Crippen molar-refractivity contribution in [3.63, 3.8) is 0 Å². The molecule has 0 bridgehead atoms. The Morgan fingerprint density at radius 3 is 2.11 bits per heavy atom. The van der Waals surface area contributed by atoms with E-state index in [1.54, 1.807) is 0 Å². The minimum Gasteiger partial charge on any atom is -0.380 e. The van der Waals surface area contributed by atoms with Crippen molar-refractivity contribution in [3.8, 4) is 0 Å². The quantitative estimate of drug-likeness (QED) is 0.298. The number of ether oxygens (including phenoxy) is 3. The Hall–Kier alpha value is -1.77. The second-order valence-electron chi connectivity index (χ2n) is 6.16. The Morgan fingerprint density at radius 1 is 0.889 bits per heavy atom. The average molecular weight is 384 g/mol. The molecule has 0 radical (unpaired) electrons. The van der Waals surface area contributed by atoms with Crippen LogP contribution in [0.1, 0.15) is 39.0 Å². The second kappa shape index (κ2) is 15.3. The van der Waals surface area contributed by atoms with Gasteiger partial charge in [0.15, 0.2) is 0 Å². The molecule has 0 atom stereocenters. The zero-order valence-electron chi connectivity index (χ0n) is 16.2. The molecule has 0 aromatic heterocycles. The van der Waals surface area contributed by atoms with Crippen LogP contribution in [-0.4, -0.2) is 75.4 Å². The van der Waals surface area contributed by atoms with Crippen molar-refractivity contribution >= 4 is 17.7 Å². The van der Waals surface area contributed by atoms with Gasteiger partial charge in [-0.25, -0.2) is 0 Å². The van der Waals surface area contributed by atoms with E-state index in [0.29, 0.717) is 33.0 Å². The Bertz CT molecular complexity index is 463. The summed E-state index contributed by atoms with van der Waals surface area (Å²) in [5, 5.41) is 2.71. The lowest BCUT2D eigenvalue weighted by atomic mass is 10.2. The molecule has 1 aliphatic heterocycles. The zero-order chi connectivity index (χ0) is 19.7. The second-order valence-corrected chi connectivity index (χ2v) is 6.16. The summed E-state index contributed by atoms with van der Waals surface area (Å²) in [5.41, 5.74) is 0. The molecule has 0 aliphatic carbocycles. The predicted molar refractivity (Wildman–Crippen MR) is 100 cm³/mol. The molecule has 1 N–H and O–H groups in total. The van der Waals surface area contributed by atoms with Crippen LogP contribution in [0.2, 0.25) is 0 Å². The maximum atomic E-state index is 11.7. The van der Waals surface area contributed by atoms with Gasteiger partial charge in [-0.2, -0.15) is 0 Å². The van der Waals surface area contributed by atoms with Gasteiger partial charge in [-0.1, -0.05) is 6.92 Å². The summed E-state index contributed by atoms with van der Waals surface area (Å²) in [6.45, 7) is 6.52. The van der Waals surface area contributed by atoms with Crippen molar-refractivity contribution in [3.05, 3.63) is 12.2 Å². The van der Waals surface area contributed by atoms with E-state index in [2.05, 4.69) is 12.2 Å². The maximum absolute atomic E-state index is 11.7. The fourth-order valence-corrected chi connectivity index (χ4v) is 2.37. The van der Waals surface area contributed by atoms with Crippen molar-refractivity contribution in [2.24, 2.45) is 0 Å². The molecule has 0 unspecified atom stereocenters. The van der Waals surface area contributed by atoms with Crippen LogP contribution in [0.5, 0.6) is 0 Å². The highest BCUT2D eigenvalue weighted by atomic mass is 16.5. The molecule has 0 saturated carbocycles. The lowest BCUT2D eigenvalue weighted by Gasteiger charge is -2.13. The van der Waals surface area contributed by atoms with Crippen LogP contribution in [0.4, 0.5) is 0 Å². The van der Waals surface area contributed by atoms with E-state index in [0.717, 1.165) is 43.8 Å². The summed E-state index contributed by atoms with van der Waals surface area (Å²) in [4.78, 5) is 35.4. The Kier molecular flexibility index (Phi) is 13.2. The summed E-state index contributed by atoms with van der Waals surface area (Å²) in [5.74, 6) is -0.941. The van der Waals surface area contributed by atoms with Crippen LogP contribution in [0.15, 0.2) is 12.2 Å². The molecular formula is C19H32N2O6. The number of unbranched alkanes of at least 4 members (excludes halogenated alkanes) is 2. The number of hydrogen-bond donors (Lipinski definition) is 1. The normalized spacial score (nSPS) is 13.6. The number of nitrogens with one attached hydrogen (secondary N) is 1. The first-order chi connectivity index (χ1) is 13.1. The topological polar surface area (TPSA) is 94.2 Å². The van der Waals surface area contributed by atoms with Crippen molar-refractivity contribution in [2.75, 3.05) is 52.7 Å². The van der Waals surface area contributed by atoms with E-state index in [-0.39, 0.29) is 30.7 Å². The highest BCUT2D eigenvalue weighted by molar-refractivity contribution is 6.13. The third-order valence-electron chi connectivity index (χ3n) is 3.83. The number of nitrogens with zero attached hydrogens (tertiary/aromatic N) is 1. The number of rotatable bonds is 17. The van der Waals surface area contributed by atoms with Gasteiger partial charge >= 0.3 is 0 Å². The first kappa shape index (κ1) is 23.3. The van der Waals surface area contributed by atoms with Crippen LogP contribution in [-0.2, 0) is 28.6 Å². The SMILES string of the molecule is CCCOCCOCCCCCOCCNC(=O)CCN1C(=O)C=CC1=O. The fraction of sp³-hybridized carbons (Fsp3) is 0.737. The van der Waals surface area contributed by atoms with Gasteiger partial charge in [0.25, 0.3) is 11.8 Å².